The number of aromatic nitrogens is 2. The van der Waals surface area contributed by atoms with Crippen molar-refractivity contribution in [1.82, 2.24) is 15.3 Å². The van der Waals surface area contributed by atoms with Gasteiger partial charge >= 0.3 is 11.6 Å². The third-order valence-electron chi connectivity index (χ3n) is 4.16. The Bertz CT molecular complexity index is 605. The standard InChI is InChI=1S/C15H24N6O3S/c1-2-9-24-14-12(21(22)23)13(19-7-10-25-11-8-19)17-15(18-14)20-5-3-16-4-6-20/h16H,2-11H2,1H3. The molecule has 1 N–H and O–H groups in total. The summed E-state index contributed by atoms with van der Waals surface area (Å²) in [5.74, 6) is 2.87. The number of thioether (sulfide) groups is 1. The minimum absolute atomic E-state index is 0.0867. The zero-order chi connectivity index (χ0) is 17.6. The van der Waals surface area contributed by atoms with Crippen LogP contribution in [0.3, 0.4) is 0 Å². The summed E-state index contributed by atoms with van der Waals surface area (Å²) in [6, 6.07) is 0. The van der Waals surface area contributed by atoms with Crippen LogP contribution in [0.15, 0.2) is 0 Å². The predicted molar refractivity (Wildman–Crippen MR) is 99.1 cm³/mol. The number of anilines is 2. The highest BCUT2D eigenvalue weighted by Gasteiger charge is 2.32. The molecule has 0 radical (unpaired) electrons. The van der Waals surface area contributed by atoms with Crippen molar-refractivity contribution in [2.24, 2.45) is 0 Å². The normalized spacial score (nSPS) is 18.3. The fraction of sp³-hybridized carbons (Fsp3) is 0.733. The lowest BCUT2D eigenvalue weighted by atomic mass is 10.3. The zero-order valence-corrected chi connectivity index (χ0v) is 15.3. The molecule has 0 aromatic carbocycles. The second-order valence-corrected chi connectivity index (χ2v) is 7.17. The Morgan fingerprint density at radius 3 is 2.56 bits per heavy atom. The highest BCUT2D eigenvalue weighted by atomic mass is 32.2. The van der Waals surface area contributed by atoms with Crippen LogP contribution in [0, 0.1) is 10.1 Å². The predicted octanol–water partition coefficient (Wildman–Crippen LogP) is 1.14. The average Bonchev–Trinajstić information content (AvgIpc) is 2.66. The van der Waals surface area contributed by atoms with Gasteiger partial charge in [-0.05, 0) is 6.42 Å². The smallest absolute Gasteiger partial charge is 0.373 e. The van der Waals surface area contributed by atoms with E-state index in [1.54, 1.807) is 0 Å². The number of hydrogen-bond acceptors (Lipinski definition) is 9. The topological polar surface area (TPSA) is 96.7 Å². The summed E-state index contributed by atoms with van der Waals surface area (Å²) in [4.78, 5) is 24.4. The van der Waals surface area contributed by atoms with E-state index in [0.29, 0.717) is 18.4 Å². The van der Waals surface area contributed by atoms with E-state index < -0.39 is 4.92 Å². The molecule has 0 bridgehead atoms. The maximum Gasteiger partial charge on any atom is 0.373 e. The molecule has 0 amide bonds. The summed E-state index contributed by atoms with van der Waals surface area (Å²) in [6.45, 7) is 7.11. The van der Waals surface area contributed by atoms with E-state index in [4.69, 9.17) is 4.74 Å². The Morgan fingerprint density at radius 2 is 1.92 bits per heavy atom. The van der Waals surface area contributed by atoms with Crippen molar-refractivity contribution in [3.05, 3.63) is 10.1 Å². The van der Waals surface area contributed by atoms with Gasteiger partial charge in [-0.1, -0.05) is 6.92 Å². The van der Waals surface area contributed by atoms with Crippen LogP contribution in [0.5, 0.6) is 5.88 Å². The van der Waals surface area contributed by atoms with Crippen molar-refractivity contribution < 1.29 is 9.66 Å². The molecule has 25 heavy (non-hydrogen) atoms. The number of hydrogen-bond donors (Lipinski definition) is 1. The van der Waals surface area contributed by atoms with Gasteiger partial charge in [-0.2, -0.15) is 21.7 Å². The van der Waals surface area contributed by atoms with Gasteiger partial charge in [0.1, 0.15) is 0 Å². The average molecular weight is 368 g/mol. The number of ether oxygens (including phenoxy) is 1. The largest absolute Gasteiger partial charge is 0.473 e. The molecule has 0 aliphatic carbocycles. The van der Waals surface area contributed by atoms with Crippen LogP contribution in [-0.4, -0.2) is 72.3 Å². The first kappa shape index (κ1) is 18.0. The summed E-state index contributed by atoms with van der Waals surface area (Å²) in [7, 11) is 0. The lowest BCUT2D eigenvalue weighted by Gasteiger charge is -2.30. The first-order valence-corrected chi connectivity index (χ1v) is 9.83. The highest BCUT2D eigenvalue weighted by Crippen LogP contribution is 2.37. The molecule has 0 spiro atoms. The lowest BCUT2D eigenvalue weighted by Crippen LogP contribution is -2.44. The fourth-order valence-electron chi connectivity index (χ4n) is 2.87. The van der Waals surface area contributed by atoms with Crippen molar-refractivity contribution in [3.63, 3.8) is 0 Å². The van der Waals surface area contributed by atoms with Crippen LogP contribution in [0.2, 0.25) is 0 Å². The third kappa shape index (κ3) is 4.24. The van der Waals surface area contributed by atoms with Gasteiger partial charge in [0.05, 0.1) is 11.5 Å². The molecule has 138 valence electrons. The summed E-state index contributed by atoms with van der Waals surface area (Å²) in [5, 5.41) is 15.0. The SMILES string of the molecule is CCCOc1nc(N2CCNCC2)nc(N2CCSCC2)c1[N+](=O)[O-]. The van der Waals surface area contributed by atoms with Gasteiger partial charge in [0.25, 0.3) is 0 Å². The van der Waals surface area contributed by atoms with Crippen molar-refractivity contribution in [2.75, 3.05) is 67.2 Å². The Hall–Kier alpha value is -1.81. The van der Waals surface area contributed by atoms with Gasteiger partial charge in [-0.3, -0.25) is 10.1 Å². The molecule has 2 aliphatic heterocycles. The lowest BCUT2D eigenvalue weighted by molar-refractivity contribution is -0.385. The van der Waals surface area contributed by atoms with Crippen LogP contribution in [0.4, 0.5) is 17.5 Å². The van der Waals surface area contributed by atoms with E-state index in [0.717, 1.165) is 57.2 Å². The van der Waals surface area contributed by atoms with E-state index in [1.807, 2.05) is 23.6 Å². The molecule has 10 heteroatoms. The van der Waals surface area contributed by atoms with Gasteiger partial charge < -0.3 is 19.9 Å². The van der Waals surface area contributed by atoms with Crippen molar-refractivity contribution >= 4 is 29.2 Å². The van der Waals surface area contributed by atoms with Crippen LogP contribution in [-0.2, 0) is 0 Å². The number of rotatable bonds is 6. The van der Waals surface area contributed by atoms with E-state index in [1.165, 1.54) is 0 Å². The first-order valence-electron chi connectivity index (χ1n) is 8.68. The van der Waals surface area contributed by atoms with Gasteiger partial charge in [-0.15, -0.1) is 0 Å². The van der Waals surface area contributed by atoms with E-state index in [-0.39, 0.29) is 11.6 Å². The number of nitrogens with zero attached hydrogens (tertiary/aromatic N) is 5. The Balaban J connectivity index is 2.02. The maximum atomic E-state index is 11.7. The summed E-state index contributed by atoms with van der Waals surface area (Å²) in [5.41, 5.74) is -0.112. The molecule has 0 saturated carbocycles. The van der Waals surface area contributed by atoms with Crippen molar-refractivity contribution in [3.8, 4) is 5.88 Å². The van der Waals surface area contributed by atoms with Crippen LogP contribution in [0.1, 0.15) is 13.3 Å². The quantitative estimate of drug-likeness (QED) is 0.585. The van der Waals surface area contributed by atoms with E-state index >= 15 is 0 Å². The second-order valence-electron chi connectivity index (χ2n) is 5.94. The molecule has 2 fully saturated rings. The molecule has 1 aromatic rings. The number of piperazine rings is 1. The van der Waals surface area contributed by atoms with E-state index in [2.05, 4.69) is 20.2 Å². The molecule has 3 rings (SSSR count). The molecule has 0 unspecified atom stereocenters. The maximum absolute atomic E-state index is 11.7. The van der Waals surface area contributed by atoms with Crippen LogP contribution in [0.25, 0.3) is 0 Å². The Morgan fingerprint density at radius 1 is 1.20 bits per heavy atom. The summed E-state index contributed by atoms with van der Waals surface area (Å²) >= 11 is 1.85. The zero-order valence-electron chi connectivity index (χ0n) is 14.4. The van der Waals surface area contributed by atoms with E-state index in [9.17, 15) is 10.1 Å². The Labute approximate surface area is 151 Å². The van der Waals surface area contributed by atoms with Gasteiger partial charge in [0.15, 0.2) is 0 Å². The molecule has 1 aromatic heterocycles. The second kappa shape index (κ2) is 8.52. The number of nitrogens with one attached hydrogen (secondary N) is 1. The molecule has 2 saturated heterocycles. The van der Waals surface area contributed by atoms with Crippen molar-refractivity contribution in [2.45, 2.75) is 13.3 Å². The molecule has 3 heterocycles. The van der Waals surface area contributed by atoms with Crippen LogP contribution < -0.4 is 19.9 Å². The summed E-state index contributed by atoms with van der Waals surface area (Å²) in [6.07, 6.45) is 0.764. The molecular weight excluding hydrogens is 344 g/mol. The molecule has 2 aliphatic rings. The number of nitro groups is 1. The fourth-order valence-corrected chi connectivity index (χ4v) is 3.78. The molecule has 9 nitrogen and oxygen atoms in total. The molecular formula is C15H24N6O3S. The minimum Gasteiger partial charge on any atom is -0.473 e. The monoisotopic (exact) mass is 368 g/mol. The van der Waals surface area contributed by atoms with Gasteiger partial charge in [0, 0.05) is 50.8 Å². The van der Waals surface area contributed by atoms with Gasteiger partial charge in [-0.25, -0.2) is 0 Å². The summed E-state index contributed by atoms with van der Waals surface area (Å²) < 4.78 is 5.64. The Kier molecular flexibility index (Phi) is 6.14. The van der Waals surface area contributed by atoms with Crippen molar-refractivity contribution in [1.29, 1.82) is 0 Å². The molecule has 0 atom stereocenters. The first-order chi connectivity index (χ1) is 12.2. The van der Waals surface area contributed by atoms with Crippen LogP contribution >= 0.6 is 11.8 Å². The minimum atomic E-state index is -0.413. The highest BCUT2D eigenvalue weighted by molar-refractivity contribution is 7.99. The van der Waals surface area contributed by atoms with Gasteiger partial charge in [0.2, 0.25) is 11.8 Å². The third-order valence-corrected chi connectivity index (χ3v) is 5.10.